The molecular formula is C14H17N3O3S. The predicted molar refractivity (Wildman–Crippen MR) is 82.6 cm³/mol. The van der Waals surface area contributed by atoms with Crippen molar-refractivity contribution in [1.82, 2.24) is 10.9 Å². The lowest BCUT2D eigenvalue weighted by molar-refractivity contribution is -0.122. The second kappa shape index (κ2) is 7.03. The molecule has 1 aromatic rings. The van der Waals surface area contributed by atoms with Gasteiger partial charge in [-0.1, -0.05) is 0 Å². The first kappa shape index (κ1) is 15.2. The summed E-state index contributed by atoms with van der Waals surface area (Å²) in [7, 11) is 0. The summed E-state index contributed by atoms with van der Waals surface area (Å²) in [4.78, 5) is 22.9. The van der Waals surface area contributed by atoms with Gasteiger partial charge in [-0.25, -0.2) is 4.79 Å². The number of carbonyl (C=O) groups excluding carboxylic acids is 2. The number of anilines is 1. The van der Waals surface area contributed by atoms with E-state index < -0.39 is 0 Å². The van der Waals surface area contributed by atoms with Crippen LogP contribution in [0.5, 0.6) is 0 Å². The van der Waals surface area contributed by atoms with Crippen LogP contribution in [0.15, 0.2) is 24.3 Å². The molecule has 1 fully saturated rings. The van der Waals surface area contributed by atoms with E-state index in [1.54, 1.807) is 31.2 Å². The van der Waals surface area contributed by atoms with Crippen molar-refractivity contribution in [3.8, 4) is 0 Å². The molecular weight excluding hydrogens is 290 g/mol. The maximum absolute atomic E-state index is 11.5. The smallest absolute Gasteiger partial charge is 0.338 e. The number of thiocarbonyl (C=S) groups is 1. The third-order valence-electron chi connectivity index (χ3n) is 2.90. The van der Waals surface area contributed by atoms with E-state index in [4.69, 9.17) is 17.0 Å². The van der Waals surface area contributed by atoms with E-state index in [1.807, 2.05) is 0 Å². The summed E-state index contributed by atoms with van der Waals surface area (Å²) in [6, 6.07) is 6.71. The molecule has 21 heavy (non-hydrogen) atoms. The summed E-state index contributed by atoms with van der Waals surface area (Å²) in [5.74, 6) is -0.289. The molecule has 1 aromatic carbocycles. The Balaban J connectivity index is 1.80. The number of hydrogen-bond donors (Lipinski definition) is 3. The Morgan fingerprint density at radius 1 is 1.24 bits per heavy atom. The average Bonchev–Trinajstić information content (AvgIpc) is 3.30. The van der Waals surface area contributed by atoms with Gasteiger partial charge in [0.2, 0.25) is 5.91 Å². The Hall–Kier alpha value is -2.15. The van der Waals surface area contributed by atoms with Gasteiger partial charge in [-0.3, -0.25) is 15.6 Å². The molecule has 6 nitrogen and oxygen atoms in total. The maximum atomic E-state index is 11.5. The molecule has 0 aliphatic heterocycles. The van der Waals surface area contributed by atoms with Crippen molar-refractivity contribution in [2.45, 2.75) is 19.8 Å². The molecule has 0 radical (unpaired) electrons. The second-order valence-electron chi connectivity index (χ2n) is 4.64. The number of nitrogens with one attached hydrogen (secondary N) is 3. The van der Waals surface area contributed by atoms with Crippen LogP contribution in [0.2, 0.25) is 0 Å². The predicted octanol–water partition coefficient (Wildman–Crippen LogP) is 1.59. The van der Waals surface area contributed by atoms with Gasteiger partial charge >= 0.3 is 5.97 Å². The summed E-state index contributed by atoms with van der Waals surface area (Å²) in [6.07, 6.45) is 1.87. The van der Waals surface area contributed by atoms with Crippen molar-refractivity contribution in [2.75, 3.05) is 11.9 Å². The van der Waals surface area contributed by atoms with E-state index in [2.05, 4.69) is 16.2 Å². The van der Waals surface area contributed by atoms with Crippen LogP contribution in [-0.4, -0.2) is 23.6 Å². The molecule has 0 bridgehead atoms. The van der Waals surface area contributed by atoms with E-state index in [9.17, 15) is 9.59 Å². The topological polar surface area (TPSA) is 79.5 Å². The zero-order chi connectivity index (χ0) is 15.2. The van der Waals surface area contributed by atoms with Gasteiger partial charge in [-0.2, -0.15) is 0 Å². The van der Waals surface area contributed by atoms with Crippen molar-refractivity contribution >= 4 is 34.9 Å². The normalized spacial score (nSPS) is 13.2. The fourth-order valence-electron chi connectivity index (χ4n) is 1.63. The molecule has 1 aliphatic rings. The standard InChI is InChI=1S/C14H17N3O3S/c1-2-20-13(19)10-5-7-11(8-6-10)15-14(21)17-16-12(18)9-3-4-9/h5-9H,2-4H2,1H3,(H,16,18)(H2,15,17,21). The quantitative estimate of drug-likeness (QED) is 0.445. The highest BCUT2D eigenvalue weighted by molar-refractivity contribution is 7.80. The van der Waals surface area contributed by atoms with Crippen LogP contribution in [0, 0.1) is 5.92 Å². The Morgan fingerprint density at radius 2 is 1.90 bits per heavy atom. The monoisotopic (exact) mass is 307 g/mol. The van der Waals surface area contributed by atoms with Crippen molar-refractivity contribution in [2.24, 2.45) is 5.92 Å². The van der Waals surface area contributed by atoms with Crippen LogP contribution in [0.3, 0.4) is 0 Å². The summed E-state index contributed by atoms with van der Waals surface area (Å²) in [5, 5.41) is 3.19. The highest BCUT2D eigenvalue weighted by atomic mass is 32.1. The minimum absolute atomic E-state index is 0.0446. The van der Waals surface area contributed by atoms with Gasteiger partial charge in [0.15, 0.2) is 5.11 Å². The highest BCUT2D eigenvalue weighted by Gasteiger charge is 2.29. The number of rotatable bonds is 4. The van der Waals surface area contributed by atoms with Gasteiger partial charge in [0.05, 0.1) is 12.2 Å². The lowest BCUT2D eigenvalue weighted by Gasteiger charge is -2.11. The van der Waals surface area contributed by atoms with Gasteiger partial charge in [-0.15, -0.1) is 0 Å². The molecule has 1 saturated carbocycles. The first-order valence-corrected chi connectivity index (χ1v) is 7.15. The van der Waals surface area contributed by atoms with Crippen molar-refractivity contribution in [1.29, 1.82) is 0 Å². The molecule has 0 heterocycles. The van der Waals surface area contributed by atoms with Crippen LogP contribution in [0.4, 0.5) is 5.69 Å². The van der Waals surface area contributed by atoms with Crippen LogP contribution >= 0.6 is 12.2 Å². The maximum Gasteiger partial charge on any atom is 0.338 e. The van der Waals surface area contributed by atoms with Gasteiger partial charge in [0, 0.05) is 11.6 Å². The number of ether oxygens (including phenoxy) is 1. The minimum Gasteiger partial charge on any atom is -0.462 e. The Kier molecular flexibility index (Phi) is 5.10. The molecule has 0 atom stereocenters. The van der Waals surface area contributed by atoms with Gasteiger partial charge in [0.25, 0.3) is 0 Å². The number of hydrazine groups is 1. The number of esters is 1. The Labute approximate surface area is 128 Å². The molecule has 0 saturated heterocycles. The highest BCUT2D eigenvalue weighted by Crippen LogP contribution is 2.28. The molecule has 0 aromatic heterocycles. The number of benzene rings is 1. The van der Waals surface area contributed by atoms with Crippen LogP contribution in [0.1, 0.15) is 30.1 Å². The van der Waals surface area contributed by atoms with Crippen LogP contribution in [0.25, 0.3) is 0 Å². The minimum atomic E-state index is -0.360. The lowest BCUT2D eigenvalue weighted by atomic mass is 10.2. The first-order chi connectivity index (χ1) is 10.1. The zero-order valence-corrected chi connectivity index (χ0v) is 12.5. The summed E-state index contributed by atoms with van der Waals surface area (Å²) >= 11 is 5.06. The molecule has 2 rings (SSSR count). The summed E-state index contributed by atoms with van der Waals surface area (Å²) in [6.45, 7) is 2.10. The Bertz CT molecular complexity index is 541. The van der Waals surface area contributed by atoms with E-state index in [0.717, 1.165) is 12.8 Å². The van der Waals surface area contributed by atoms with E-state index in [0.29, 0.717) is 17.9 Å². The first-order valence-electron chi connectivity index (χ1n) is 6.74. The second-order valence-corrected chi connectivity index (χ2v) is 5.05. The zero-order valence-electron chi connectivity index (χ0n) is 11.6. The van der Waals surface area contributed by atoms with Crippen molar-refractivity contribution < 1.29 is 14.3 Å². The third-order valence-corrected chi connectivity index (χ3v) is 3.11. The summed E-state index contributed by atoms with van der Waals surface area (Å²) in [5.41, 5.74) is 6.37. The number of carbonyl (C=O) groups is 2. The van der Waals surface area contributed by atoms with Gasteiger partial charge in [0.1, 0.15) is 0 Å². The van der Waals surface area contributed by atoms with E-state index in [-0.39, 0.29) is 22.9 Å². The molecule has 1 amide bonds. The van der Waals surface area contributed by atoms with Gasteiger partial charge in [-0.05, 0) is 56.2 Å². The third kappa shape index (κ3) is 4.71. The number of hydrogen-bond acceptors (Lipinski definition) is 4. The molecule has 7 heteroatoms. The lowest BCUT2D eigenvalue weighted by Crippen LogP contribution is -2.44. The summed E-state index contributed by atoms with van der Waals surface area (Å²) < 4.78 is 4.90. The molecule has 1 aliphatic carbocycles. The fourth-order valence-corrected chi connectivity index (χ4v) is 1.80. The molecule has 0 unspecified atom stereocenters. The fraction of sp³-hybridized carbons (Fsp3) is 0.357. The van der Waals surface area contributed by atoms with Crippen molar-refractivity contribution in [3.05, 3.63) is 29.8 Å². The molecule has 0 spiro atoms. The SMILES string of the molecule is CCOC(=O)c1ccc(NC(=S)NNC(=O)C2CC2)cc1. The average molecular weight is 307 g/mol. The van der Waals surface area contributed by atoms with Crippen LogP contribution < -0.4 is 16.2 Å². The molecule has 3 N–H and O–H groups in total. The number of amides is 1. The van der Waals surface area contributed by atoms with E-state index >= 15 is 0 Å². The Morgan fingerprint density at radius 3 is 2.48 bits per heavy atom. The largest absolute Gasteiger partial charge is 0.462 e. The van der Waals surface area contributed by atoms with Gasteiger partial charge < -0.3 is 10.1 Å². The van der Waals surface area contributed by atoms with Crippen molar-refractivity contribution in [3.63, 3.8) is 0 Å². The van der Waals surface area contributed by atoms with E-state index in [1.165, 1.54) is 0 Å². The molecule has 112 valence electrons. The van der Waals surface area contributed by atoms with Crippen LogP contribution in [-0.2, 0) is 9.53 Å².